The lowest BCUT2D eigenvalue weighted by atomic mass is 9.80. The van der Waals surface area contributed by atoms with Crippen molar-refractivity contribution < 1.29 is 18.0 Å². The summed E-state index contributed by atoms with van der Waals surface area (Å²) in [6.07, 6.45) is -3.01. The molecule has 1 aliphatic rings. The second kappa shape index (κ2) is 6.97. The molecular formula is C12H21F3N2O. The zero-order chi connectivity index (χ0) is 13.6. The van der Waals surface area contributed by atoms with E-state index >= 15 is 0 Å². The maximum absolute atomic E-state index is 12.6. The van der Waals surface area contributed by atoms with Gasteiger partial charge in [0.25, 0.3) is 0 Å². The molecule has 2 N–H and O–H groups in total. The summed E-state index contributed by atoms with van der Waals surface area (Å²) in [6, 6.07) is 0. The zero-order valence-corrected chi connectivity index (χ0v) is 10.6. The van der Waals surface area contributed by atoms with Crippen LogP contribution in [0.1, 0.15) is 32.6 Å². The number of halogens is 3. The minimum atomic E-state index is -4.16. The number of carbonyl (C=O) groups excluding carboxylic acids is 1. The molecule has 6 heteroatoms. The van der Waals surface area contributed by atoms with Crippen LogP contribution < -0.4 is 10.6 Å². The molecule has 0 heterocycles. The molecule has 0 aliphatic heterocycles. The SMILES string of the molecule is CCNCCNC(=O)C1CCCC(C(F)(F)F)C1. The molecule has 1 fully saturated rings. The Balaban J connectivity index is 2.34. The van der Waals surface area contributed by atoms with Gasteiger partial charge in [-0.2, -0.15) is 13.2 Å². The Hall–Kier alpha value is -0.780. The maximum Gasteiger partial charge on any atom is 0.391 e. The summed E-state index contributed by atoms with van der Waals surface area (Å²) in [4.78, 5) is 11.7. The van der Waals surface area contributed by atoms with Gasteiger partial charge in [0, 0.05) is 19.0 Å². The van der Waals surface area contributed by atoms with Crippen molar-refractivity contribution in [3.8, 4) is 0 Å². The standard InChI is InChI=1S/C12H21F3N2O/c1-2-16-6-7-17-11(18)9-4-3-5-10(8-9)12(13,14)15/h9-10,16H,2-8H2,1H3,(H,17,18). The van der Waals surface area contributed by atoms with Gasteiger partial charge in [-0.15, -0.1) is 0 Å². The highest BCUT2D eigenvalue weighted by molar-refractivity contribution is 5.78. The van der Waals surface area contributed by atoms with E-state index in [-0.39, 0.29) is 18.7 Å². The lowest BCUT2D eigenvalue weighted by Crippen LogP contribution is -2.39. The van der Waals surface area contributed by atoms with Crippen molar-refractivity contribution in [3.05, 3.63) is 0 Å². The van der Waals surface area contributed by atoms with E-state index in [4.69, 9.17) is 0 Å². The average Bonchev–Trinajstić information content (AvgIpc) is 2.33. The predicted octanol–water partition coefficient (Wildman–Crippen LogP) is 2.08. The molecule has 0 bridgehead atoms. The van der Waals surface area contributed by atoms with Crippen molar-refractivity contribution in [3.63, 3.8) is 0 Å². The summed E-state index contributed by atoms with van der Waals surface area (Å²) in [7, 11) is 0. The first-order valence-corrected chi connectivity index (χ1v) is 6.50. The van der Waals surface area contributed by atoms with Gasteiger partial charge in [-0.25, -0.2) is 0 Å². The Labute approximate surface area is 106 Å². The molecule has 0 saturated heterocycles. The molecule has 2 unspecified atom stereocenters. The van der Waals surface area contributed by atoms with Crippen LogP contribution >= 0.6 is 0 Å². The van der Waals surface area contributed by atoms with Crippen LogP contribution in [0.5, 0.6) is 0 Å². The summed E-state index contributed by atoms with van der Waals surface area (Å²) in [5.74, 6) is -2.02. The fourth-order valence-corrected chi connectivity index (χ4v) is 2.32. The highest BCUT2D eigenvalue weighted by Gasteiger charge is 2.43. The third kappa shape index (κ3) is 4.84. The molecule has 3 nitrogen and oxygen atoms in total. The van der Waals surface area contributed by atoms with Crippen LogP contribution in [0.15, 0.2) is 0 Å². The second-order valence-electron chi connectivity index (χ2n) is 4.75. The topological polar surface area (TPSA) is 41.1 Å². The molecule has 18 heavy (non-hydrogen) atoms. The number of likely N-dealkylation sites (N-methyl/N-ethyl adjacent to an activating group) is 1. The first kappa shape index (κ1) is 15.3. The van der Waals surface area contributed by atoms with E-state index in [0.29, 0.717) is 25.9 Å². The Morgan fingerprint density at radius 3 is 2.61 bits per heavy atom. The summed E-state index contributed by atoms with van der Waals surface area (Å²) in [5, 5.41) is 5.74. The van der Waals surface area contributed by atoms with Gasteiger partial charge >= 0.3 is 6.18 Å². The molecule has 2 atom stereocenters. The molecule has 106 valence electrons. The van der Waals surface area contributed by atoms with E-state index in [1.807, 2.05) is 6.92 Å². The Morgan fingerprint density at radius 1 is 1.28 bits per heavy atom. The van der Waals surface area contributed by atoms with Crippen molar-refractivity contribution in [2.24, 2.45) is 11.8 Å². The first-order chi connectivity index (χ1) is 8.45. The van der Waals surface area contributed by atoms with E-state index in [1.54, 1.807) is 0 Å². The lowest BCUT2D eigenvalue weighted by molar-refractivity contribution is -0.186. The highest BCUT2D eigenvalue weighted by Crippen LogP contribution is 2.39. The summed E-state index contributed by atoms with van der Waals surface area (Å²) >= 11 is 0. The molecule has 1 amide bonds. The normalized spacial score (nSPS) is 24.9. The van der Waals surface area contributed by atoms with Crippen molar-refractivity contribution >= 4 is 5.91 Å². The van der Waals surface area contributed by atoms with Crippen LogP contribution in [0.4, 0.5) is 13.2 Å². The van der Waals surface area contributed by atoms with E-state index in [2.05, 4.69) is 10.6 Å². The molecule has 0 aromatic rings. The van der Waals surface area contributed by atoms with E-state index in [1.165, 1.54) is 0 Å². The first-order valence-electron chi connectivity index (χ1n) is 6.50. The quantitative estimate of drug-likeness (QED) is 0.748. The lowest BCUT2D eigenvalue weighted by Gasteiger charge is -2.29. The molecular weight excluding hydrogens is 245 g/mol. The number of rotatable bonds is 5. The van der Waals surface area contributed by atoms with Gasteiger partial charge in [-0.1, -0.05) is 13.3 Å². The van der Waals surface area contributed by atoms with Gasteiger partial charge in [0.1, 0.15) is 0 Å². The maximum atomic E-state index is 12.6. The van der Waals surface area contributed by atoms with E-state index in [9.17, 15) is 18.0 Å². The smallest absolute Gasteiger partial charge is 0.355 e. The number of hydrogen-bond acceptors (Lipinski definition) is 2. The second-order valence-corrected chi connectivity index (χ2v) is 4.75. The van der Waals surface area contributed by atoms with Crippen LogP contribution in [0.3, 0.4) is 0 Å². The van der Waals surface area contributed by atoms with Gasteiger partial charge in [0.05, 0.1) is 5.92 Å². The molecule has 0 spiro atoms. The van der Waals surface area contributed by atoms with Gasteiger partial charge < -0.3 is 10.6 Å². The highest BCUT2D eigenvalue weighted by atomic mass is 19.4. The van der Waals surface area contributed by atoms with Gasteiger partial charge in [0.15, 0.2) is 0 Å². The van der Waals surface area contributed by atoms with Gasteiger partial charge in [-0.3, -0.25) is 4.79 Å². The minimum absolute atomic E-state index is 0.0590. The minimum Gasteiger partial charge on any atom is -0.355 e. The number of amides is 1. The summed E-state index contributed by atoms with van der Waals surface area (Å²) in [5.41, 5.74) is 0. The molecule has 0 aromatic carbocycles. The number of hydrogen-bond donors (Lipinski definition) is 2. The Morgan fingerprint density at radius 2 is 2.00 bits per heavy atom. The zero-order valence-electron chi connectivity index (χ0n) is 10.6. The van der Waals surface area contributed by atoms with E-state index < -0.39 is 18.0 Å². The van der Waals surface area contributed by atoms with Gasteiger partial charge in [0.2, 0.25) is 5.91 Å². The Kier molecular flexibility index (Phi) is 5.91. The fraction of sp³-hybridized carbons (Fsp3) is 0.917. The Bertz CT molecular complexity index is 269. The molecule has 0 aromatic heterocycles. The fourth-order valence-electron chi connectivity index (χ4n) is 2.32. The molecule has 1 saturated carbocycles. The van der Waals surface area contributed by atoms with Crippen molar-refractivity contribution in [1.29, 1.82) is 0 Å². The van der Waals surface area contributed by atoms with Crippen LogP contribution in [0.25, 0.3) is 0 Å². The van der Waals surface area contributed by atoms with Gasteiger partial charge in [-0.05, 0) is 25.8 Å². The van der Waals surface area contributed by atoms with Crippen LogP contribution in [-0.2, 0) is 4.79 Å². The van der Waals surface area contributed by atoms with Crippen LogP contribution in [0, 0.1) is 11.8 Å². The summed E-state index contributed by atoms with van der Waals surface area (Å²) in [6.45, 7) is 3.89. The van der Waals surface area contributed by atoms with Crippen molar-refractivity contribution in [2.45, 2.75) is 38.8 Å². The largest absolute Gasteiger partial charge is 0.391 e. The monoisotopic (exact) mass is 266 g/mol. The third-order valence-electron chi connectivity index (χ3n) is 3.36. The number of carbonyl (C=O) groups is 1. The van der Waals surface area contributed by atoms with Crippen molar-refractivity contribution in [2.75, 3.05) is 19.6 Å². The molecule has 0 radical (unpaired) electrons. The average molecular weight is 266 g/mol. The van der Waals surface area contributed by atoms with E-state index in [0.717, 1.165) is 6.54 Å². The third-order valence-corrected chi connectivity index (χ3v) is 3.36. The predicted molar refractivity (Wildman–Crippen MR) is 63.1 cm³/mol. The van der Waals surface area contributed by atoms with Crippen molar-refractivity contribution in [1.82, 2.24) is 10.6 Å². The summed E-state index contributed by atoms with van der Waals surface area (Å²) < 4.78 is 37.8. The van der Waals surface area contributed by atoms with Crippen LogP contribution in [0.2, 0.25) is 0 Å². The molecule has 1 aliphatic carbocycles. The molecule has 1 rings (SSSR count). The number of alkyl halides is 3. The number of nitrogens with one attached hydrogen (secondary N) is 2. The van der Waals surface area contributed by atoms with Crippen LogP contribution in [-0.4, -0.2) is 31.7 Å².